The number of nitrogens with zero attached hydrogens (tertiary/aromatic N) is 1. The van der Waals surface area contributed by atoms with Crippen molar-refractivity contribution in [1.29, 1.82) is 0 Å². The van der Waals surface area contributed by atoms with Crippen LogP contribution < -0.4 is 4.90 Å². The van der Waals surface area contributed by atoms with Crippen LogP contribution in [-0.4, -0.2) is 6.54 Å². The maximum atomic E-state index is 2.45. The summed E-state index contributed by atoms with van der Waals surface area (Å²) < 4.78 is 0. The van der Waals surface area contributed by atoms with E-state index < -0.39 is 0 Å². The molecule has 0 saturated carbocycles. The smallest absolute Gasteiger partial charge is 0.0410 e. The maximum Gasteiger partial charge on any atom is 0.0410 e. The molecule has 0 fully saturated rings. The second kappa shape index (κ2) is 11.7. The summed E-state index contributed by atoms with van der Waals surface area (Å²) in [4.78, 5) is 2.45. The standard InChI is InChI=1S/C23H33N/c1-2-3-4-5-6-7-8-9-16-21-24(22-17-12-10-13-18-22)23-19-14-11-15-20-23/h10-15,17-20H,2-9,16,21H2,1H3. The van der Waals surface area contributed by atoms with E-state index in [0.29, 0.717) is 0 Å². The molecule has 130 valence electrons. The minimum absolute atomic E-state index is 1.10. The minimum atomic E-state index is 1.10. The molecule has 2 aromatic rings. The molecule has 0 bridgehead atoms. The van der Waals surface area contributed by atoms with Gasteiger partial charge in [0.15, 0.2) is 0 Å². The molecule has 0 spiro atoms. The molecule has 0 aliphatic carbocycles. The third-order valence-electron chi connectivity index (χ3n) is 4.62. The number of hydrogen-bond acceptors (Lipinski definition) is 1. The molecule has 2 rings (SSSR count). The van der Waals surface area contributed by atoms with E-state index in [9.17, 15) is 0 Å². The largest absolute Gasteiger partial charge is 0.341 e. The van der Waals surface area contributed by atoms with Gasteiger partial charge in [-0.1, -0.05) is 94.7 Å². The summed E-state index contributed by atoms with van der Waals surface area (Å²) >= 11 is 0. The average Bonchev–Trinajstić information content (AvgIpc) is 2.65. The number of unbranched alkanes of at least 4 members (excludes halogenated alkanes) is 8. The highest BCUT2D eigenvalue weighted by Gasteiger charge is 2.07. The molecule has 0 radical (unpaired) electrons. The summed E-state index contributed by atoms with van der Waals surface area (Å²) in [6.45, 7) is 3.38. The molecule has 0 aliphatic heterocycles. The first kappa shape index (κ1) is 18.6. The molecule has 1 heteroatoms. The van der Waals surface area contributed by atoms with Gasteiger partial charge in [0.05, 0.1) is 0 Å². The highest BCUT2D eigenvalue weighted by atomic mass is 15.1. The van der Waals surface area contributed by atoms with Gasteiger partial charge in [-0.05, 0) is 30.7 Å². The van der Waals surface area contributed by atoms with Gasteiger partial charge in [0, 0.05) is 17.9 Å². The van der Waals surface area contributed by atoms with E-state index in [1.807, 2.05) is 0 Å². The lowest BCUT2D eigenvalue weighted by molar-refractivity contribution is 0.566. The number of para-hydroxylation sites is 2. The number of anilines is 2. The van der Waals surface area contributed by atoms with Crippen LogP contribution in [0.3, 0.4) is 0 Å². The van der Waals surface area contributed by atoms with Crippen molar-refractivity contribution in [1.82, 2.24) is 0 Å². The zero-order valence-electron chi connectivity index (χ0n) is 15.3. The predicted octanol–water partition coefficient (Wildman–Crippen LogP) is 7.36. The van der Waals surface area contributed by atoms with Crippen LogP contribution in [0.15, 0.2) is 60.7 Å². The van der Waals surface area contributed by atoms with E-state index in [-0.39, 0.29) is 0 Å². The second-order valence-electron chi connectivity index (χ2n) is 6.65. The van der Waals surface area contributed by atoms with Gasteiger partial charge < -0.3 is 4.90 Å². The fraction of sp³-hybridized carbons (Fsp3) is 0.478. The topological polar surface area (TPSA) is 3.24 Å². The SMILES string of the molecule is CCCCCCCCCCCN(c1ccccc1)c1ccccc1. The van der Waals surface area contributed by atoms with Crippen LogP contribution in [0, 0.1) is 0 Å². The summed E-state index contributed by atoms with van der Waals surface area (Å²) in [6, 6.07) is 21.5. The van der Waals surface area contributed by atoms with E-state index >= 15 is 0 Å². The molecule has 0 amide bonds. The minimum Gasteiger partial charge on any atom is -0.341 e. The fourth-order valence-electron chi connectivity index (χ4n) is 3.20. The Balaban J connectivity index is 1.74. The lowest BCUT2D eigenvalue weighted by Crippen LogP contribution is -2.18. The summed E-state index contributed by atoms with van der Waals surface area (Å²) in [7, 11) is 0. The van der Waals surface area contributed by atoms with E-state index in [0.717, 1.165) is 6.54 Å². The Labute approximate surface area is 148 Å². The molecule has 0 N–H and O–H groups in total. The third-order valence-corrected chi connectivity index (χ3v) is 4.62. The number of rotatable bonds is 12. The molecular weight excluding hydrogens is 290 g/mol. The van der Waals surface area contributed by atoms with Crippen molar-refractivity contribution in [2.45, 2.75) is 64.7 Å². The van der Waals surface area contributed by atoms with Crippen LogP contribution in [0.2, 0.25) is 0 Å². The van der Waals surface area contributed by atoms with Gasteiger partial charge >= 0.3 is 0 Å². The van der Waals surface area contributed by atoms with Crippen molar-refractivity contribution in [2.75, 3.05) is 11.4 Å². The Morgan fingerprint density at radius 1 is 0.542 bits per heavy atom. The predicted molar refractivity (Wildman–Crippen MR) is 107 cm³/mol. The van der Waals surface area contributed by atoms with Crippen molar-refractivity contribution >= 4 is 11.4 Å². The van der Waals surface area contributed by atoms with E-state index in [1.165, 1.54) is 69.2 Å². The molecule has 0 atom stereocenters. The summed E-state index contributed by atoms with van der Waals surface area (Å²) in [6.07, 6.45) is 12.4. The van der Waals surface area contributed by atoms with Crippen molar-refractivity contribution in [3.05, 3.63) is 60.7 Å². The third kappa shape index (κ3) is 6.78. The Kier molecular flexibility index (Phi) is 9.08. The normalized spacial score (nSPS) is 10.7. The first-order chi connectivity index (χ1) is 11.9. The Bertz CT molecular complexity index is 481. The van der Waals surface area contributed by atoms with E-state index in [4.69, 9.17) is 0 Å². The number of benzene rings is 2. The highest BCUT2D eigenvalue weighted by Crippen LogP contribution is 2.25. The summed E-state index contributed by atoms with van der Waals surface area (Å²) in [5, 5.41) is 0. The Hall–Kier alpha value is -1.76. The molecule has 0 saturated heterocycles. The zero-order chi connectivity index (χ0) is 16.9. The number of hydrogen-bond donors (Lipinski definition) is 0. The van der Waals surface area contributed by atoms with E-state index in [1.54, 1.807) is 0 Å². The van der Waals surface area contributed by atoms with Crippen molar-refractivity contribution in [2.24, 2.45) is 0 Å². The van der Waals surface area contributed by atoms with Crippen LogP contribution in [0.1, 0.15) is 64.7 Å². The quantitative estimate of drug-likeness (QED) is 0.369. The Morgan fingerprint density at radius 2 is 0.958 bits per heavy atom. The molecule has 24 heavy (non-hydrogen) atoms. The van der Waals surface area contributed by atoms with Crippen molar-refractivity contribution < 1.29 is 0 Å². The van der Waals surface area contributed by atoms with Crippen LogP contribution in [0.5, 0.6) is 0 Å². The lowest BCUT2D eigenvalue weighted by atomic mass is 10.1. The molecule has 2 aromatic carbocycles. The van der Waals surface area contributed by atoms with Gasteiger partial charge in [-0.2, -0.15) is 0 Å². The van der Waals surface area contributed by atoms with E-state index in [2.05, 4.69) is 72.5 Å². The fourth-order valence-corrected chi connectivity index (χ4v) is 3.20. The van der Waals surface area contributed by atoms with Crippen LogP contribution in [-0.2, 0) is 0 Å². The molecule has 0 unspecified atom stereocenters. The van der Waals surface area contributed by atoms with Crippen LogP contribution in [0.4, 0.5) is 11.4 Å². The molecule has 0 aromatic heterocycles. The van der Waals surface area contributed by atoms with Crippen LogP contribution in [0.25, 0.3) is 0 Å². The summed E-state index contributed by atoms with van der Waals surface area (Å²) in [5.74, 6) is 0. The van der Waals surface area contributed by atoms with Crippen LogP contribution >= 0.6 is 0 Å². The first-order valence-corrected chi connectivity index (χ1v) is 9.79. The maximum absolute atomic E-state index is 2.45. The Morgan fingerprint density at radius 3 is 1.42 bits per heavy atom. The molecule has 0 heterocycles. The van der Waals surface area contributed by atoms with Crippen molar-refractivity contribution in [3.63, 3.8) is 0 Å². The van der Waals surface area contributed by atoms with Gasteiger partial charge in [-0.3, -0.25) is 0 Å². The zero-order valence-corrected chi connectivity index (χ0v) is 15.3. The summed E-state index contributed by atoms with van der Waals surface area (Å²) in [5.41, 5.74) is 2.59. The van der Waals surface area contributed by atoms with Gasteiger partial charge in [-0.15, -0.1) is 0 Å². The van der Waals surface area contributed by atoms with Gasteiger partial charge in [-0.25, -0.2) is 0 Å². The monoisotopic (exact) mass is 323 g/mol. The van der Waals surface area contributed by atoms with Gasteiger partial charge in [0.2, 0.25) is 0 Å². The highest BCUT2D eigenvalue weighted by molar-refractivity contribution is 5.62. The molecule has 0 aliphatic rings. The van der Waals surface area contributed by atoms with Gasteiger partial charge in [0.1, 0.15) is 0 Å². The second-order valence-corrected chi connectivity index (χ2v) is 6.65. The average molecular weight is 324 g/mol. The lowest BCUT2D eigenvalue weighted by Gasteiger charge is -2.25. The van der Waals surface area contributed by atoms with Crippen molar-refractivity contribution in [3.8, 4) is 0 Å². The molecule has 1 nitrogen and oxygen atoms in total. The molecular formula is C23H33N. The first-order valence-electron chi connectivity index (χ1n) is 9.79. The van der Waals surface area contributed by atoms with Gasteiger partial charge in [0.25, 0.3) is 0 Å².